The summed E-state index contributed by atoms with van der Waals surface area (Å²) in [6.45, 7) is 0.746. The Hall–Kier alpha value is -1.98. The second-order valence-electron chi connectivity index (χ2n) is 8.52. The minimum atomic E-state index is -0.0318. The monoisotopic (exact) mass is 339 g/mol. The lowest BCUT2D eigenvalue weighted by Gasteiger charge is -2.55. The van der Waals surface area contributed by atoms with Crippen molar-refractivity contribution in [1.82, 2.24) is 24.9 Å². The molecule has 0 aliphatic heterocycles. The summed E-state index contributed by atoms with van der Waals surface area (Å²) in [7, 11) is 0. The van der Waals surface area contributed by atoms with Gasteiger partial charge in [0.25, 0.3) is 5.78 Å². The number of amides is 1. The maximum Gasteiger partial charge on any atom is 0.252 e. The highest BCUT2D eigenvalue weighted by atomic mass is 16.2. The maximum atomic E-state index is 12.9. The summed E-state index contributed by atoms with van der Waals surface area (Å²) in [6, 6.07) is 0. The predicted molar refractivity (Wildman–Crippen MR) is 92.7 cm³/mol. The molecular formula is C19H25N5O. The third kappa shape index (κ3) is 2.71. The number of fused-ring (bicyclic) bond motifs is 1. The van der Waals surface area contributed by atoms with E-state index in [0.717, 1.165) is 62.0 Å². The minimum absolute atomic E-state index is 0.0318. The van der Waals surface area contributed by atoms with Gasteiger partial charge in [-0.25, -0.2) is 9.50 Å². The van der Waals surface area contributed by atoms with E-state index in [-0.39, 0.29) is 5.41 Å². The summed E-state index contributed by atoms with van der Waals surface area (Å²) in [5, 5.41) is 7.36. The van der Waals surface area contributed by atoms with E-state index in [9.17, 15) is 4.79 Å². The van der Waals surface area contributed by atoms with Gasteiger partial charge in [-0.1, -0.05) is 0 Å². The second-order valence-corrected chi connectivity index (χ2v) is 8.52. The van der Waals surface area contributed by atoms with E-state index in [1.165, 1.54) is 25.6 Å². The zero-order valence-corrected chi connectivity index (χ0v) is 14.5. The van der Waals surface area contributed by atoms with Gasteiger partial charge in [-0.05, 0) is 74.7 Å². The van der Waals surface area contributed by atoms with Crippen LogP contribution in [0.2, 0.25) is 0 Å². The molecule has 2 heterocycles. The van der Waals surface area contributed by atoms with E-state index in [1.807, 2.05) is 12.4 Å². The molecule has 1 N–H and O–H groups in total. The normalized spacial score (nSPS) is 33.0. The number of nitrogens with zero attached hydrogens (tertiary/aromatic N) is 4. The van der Waals surface area contributed by atoms with E-state index < -0.39 is 0 Å². The first-order chi connectivity index (χ1) is 12.2. The summed E-state index contributed by atoms with van der Waals surface area (Å²) in [5.41, 5.74) is 1.10. The highest BCUT2D eigenvalue weighted by molar-refractivity contribution is 5.83. The first-order valence-electron chi connectivity index (χ1n) is 9.63. The largest absolute Gasteiger partial charge is 0.356 e. The van der Waals surface area contributed by atoms with Crippen LogP contribution >= 0.6 is 0 Å². The number of rotatable bonds is 5. The smallest absolute Gasteiger partial charge is 0.252 e. The molecule has 0 saturated heterocycles. The van der Waals surface area contributed by atoms with Crippen molar-refractivity contribution in [3.8, 4) is 0 Å². The molecule has 0 atom stereocenters. The first-order valence-corrected chi connectivity index (χ1v) is 9.63. The number of aryl methyl sites for hydroxylation is 1. The summed E-state index contributed by atoms with van der Waals surface area (Å²) < 4.78 is 1.70. The van der Waals surface area contributed by atoms with Gasteiger partial charge in [0.05, 0.1) is 0 Å². The Morgan fingerprint density at radius 3 is 2.60 bits per heavy atom. The Balaban J connectivity index is 1.16. The average molecular weight is 339 g/mol. The van der Waals surface area contributed by atoms with Crippen LogP contribution in [0.4, 0.5) is 0 Å². The fraction of sp³-hybridized carbons (Fsp3) is 0.684. The van der Waals surface area contributed by atoms with Crippen LogP contribution in [0.3, 0.4) is 0 Å². The van der Waals surface area contributed by atoms with Gasteiger partial charge in [-0.15, -0.1) is 0 Å². The van der Waals surface area contributed by atoms with E-state index in [1.54, 1.807) is 4.52 Å². The van der Waals surface area contributed by atoms with E-state index in [2.05, 4.69) is 20.4 Å². The molecule has 0 radical (unpaired) electrons. The van der Waals surface area contributed by atoms with Crippen molar-refractivity contribution in [3.63, 3.8) is 0 Å². The van der Waals surface area contributed by atoms with Crippen molar-refractivity contribution < 1.29 is 4.79 Å². The molecule has 0 unspecified atom stereocenters. The standard InChI is InChI=1S/C19H25N5O/c25-17(19-7-14-4-15(8-19)6-16(5-14)9-19)20-3-1-2-13-10-21-18-22-12-23-24(18)11-13/h10-12,14-16H,1-9H2,(H,20,25). The minimum Gasteiger partial charge on any atom is -0.356 e. The molecule has 6 rings (SSSR count). The number of hydrogen-bond donors (Lipinski definition) is 1. The quantitative estimate of drug-likeness (QED) is 0.849. The molecule has 0 spiro atoms. The van der Waals surface area contributed by atoms with Crippen LogP contribution in [0, 0.1) is 23.2 Å². The molecular weight excluding hydrogens is 314 g/mol. The summed E-state index contributed by atoms with van der Waals surface area (Å²) in [6.07, 6.45) is 14.7. The molecule has 1 amide bonds. The highest BCUT2D eigenvalue weighted by Gasteiger charge is 2.54. The van der Waals surface area contributed by atoms with Gasteiger partial charge in [0, 0.05) is 24.4 Å². The number of aromatic nitrogens is 4. The Kier molecular flexibility index (Phi) is 3.54. The van der Waals surface area contributed by atoms with Crippen LogP contribution in [-0.2, 0) is 11.2 Å². The SMILES string of the molecule is O=C(NCCCc1cnc2ncnn2c1)C12CC3CC(CC(C3)C1)C2. The van der Waals surface area contributed by atoms with Crippen LogP contribution in [0.1, 0.15) is 50.5 Å². The Morgan fingerprint density at radius 1 is 1.16 bits per heavy atom. The van der Waals surface area contributed by atoms with E-state index in [0.29, 0.717) is 11.7 Å². The highest BCUT2D eigenvalue weighted by Crippen LogP contribution is 2.60. The molecule has 4 aliphatic carbocycles. The van der Waals surface area contributed by atoms with Crippen LogP contribution in [0.25, 0.3) is 5.78 Å². The predicted octanol–water partition coefficient (Wildman–Crippen LogP) is 2.39. The molecule has 6 nitrogen and oxygen atoms in total. The molecule has 4 saturated carbocycles. The molecule has 4 fully saturated rings. The van der Waals surface area contributed by atoms with Gasteiger partial charge >= 0.3 is 0 Å². The zero-order chi connectivity index (χ0) is 16.9. The summed E-state index contributed by atoms with van der Waals surface area (Å²) >= 11 is 0. The lowest BCUT2D eigenvalue weighted by atomic mass is 9.49. The third-order valence-electron chi connectivity index (χ3n) is 6.64. The first kappa shape index (κ1) is 15.3. The molecule has 0 aromatic carbocycles. The Labute approximate surface area is 147 Å². The maximum absolute atomic E-state index is 12.9. The molecule has 132 valence electrons. The Morgan fingerprint density at radius 2 is 1.88 bits per heavy atom. The second kappa shape index (κ2) is 5.78. The van der Waals surface area contributed by atoms with Crippen molar-refractivity contribution in [3.05, 3.63) is 24.3 Å². The van der Waals surface area contributed by atoms with Crippen molar-refractivity contribution in [2.75, 3.05) is 6.54 Å². The number of carbonyl (C=O) groups excluding carboxylic acids is 1. The fourth-order valence-corrected chi connectivity index (χ4v) is 5.96. The fourth-order valence-electron chi connectivity index (χ4n) is 5.96. The third-order valence-corrected chi connectivity index (χ3v) is 6.64. The molecule has 2 aromatic heterocycles. The number of carbonyl (C=O) groups is 1. The van der Waals surface area contributed by atoms with Gasteiger partial charge in [-0.2, -0.15) is 10.1 Å². The van der Waals surface area contributed by atoms with E-state index in [4.69, 9.17) is 0 Å². The van der Waals surface area contributed by atoms with Gasteiger partial charge < -0.3 is 5.32 Å². The topological polar surface area (TPSA) is 72.2 Å². The molecule has 25 heavy (non-hydrogen) atoms. The van der Waals surface area contributed by atoms with Crippen molar-refractivity contribution >= 4 is 11.7 Å². The molecule has 4 bridgehead atoms. The van der Waals surface area contributed by atoms with Crippen molar-refractivity contribution in [2.24, 2.45) is 23.2 Å². The van der Waals surface area contributed by atoms with Gasteiger partial charge in [0.15, 0.2) is 0 Å². The molecule has 2 aromatic rings. The summed E-state index contributed by atoms with van der Waals surface area (Å²) in [4.78, 5) is 21.2. The average Bonchev–Trinajstić information content (AvgIpc) is 3.05. The summed E-state index contributed by atoms with van der Waals surface area (Å²) in [5.74, 6) is 3.41. The molecule has 6 heteroatoms. The van der Waals surface area contributed by atoms with Gasteiger partial charge in [-0.3, -0.25) is 4.79 Å². The van der Waals surface area contributed by atoms with Crippen LogP contribution in [0.5, 0.6) is 0 Å². The van der Waals surface area contributed by atoms with Crippen LogP contribution in [0.15, 0.2) is 18.7 Å². The lowest BCUT2D eigenvalue weighted by molar-refractivity contribution is -0.146. The van der Waals surface area contributed by atoms with Gasteiger partial charge in [0.2, 0.25) is 5.91 Å². The van der Waals surface area contributed by atoms with Gasteiger partial charge in [0.1, 0.15) is 6.33 Å². The number of nitrogens with one attached hydrogen (secondary N) is 1. The van der Waals surface area contributed by atoms with Crippen molar-refractivity contribution in [1.29, 1.82) is 0 Å². The van der Waals surface area contributed by atoms with Crippen LogP contribution in [-0.4, -0.2) is 32.0 Å². The number of hydrogen-bond acceptors (Lipinski definition) is 4. The lowest BCUT2D eigenvalue weighted by Crippen LogP contribution is -2.53. The Bertz CT molecular complexity index is 763. The molecule has 4 aliphatic rings. The van der Waals surface area contributed by atoms with Crippen molar-refractivity contribution in [2.45, 2.75) is 51.4 Å². The van der Waals surface area contributed by atoms with Crippen LogP contribution < -0.4 is 5.32 Å². The zero-order valence-electron chi connectivity index (χ0n) is 14.5. The van der Waals surface area contributed by atoms with E-state index >= 15 is 0 Å².